The van der Waals surface area contributed by atoms with Crippen LogP contribution in [0, 0.1) is 0 Å². The zero-order valence-electron chi connectivity index (χ0n) is 54.3. The van der Waals surface area contributed by atoms with E-state index in [4.69, 9.17) is 9.47 Å². The van der Waals surface area contributed by atoms with Crippen LogP contribution in [-0.2, 0) is 0 Å². The van der Waals surface area contributed by atoms with Gasteiger partial charge >= 0.3 is 0 Å². The number of nitrogens with zero attached hydrogens (tertiary/aromatic N) is 2. The Hall–Kier alpha value is -11.5. The SMILES string of the molecule is CC(C)c1cccc(C(C)C)c1N1C(=O)c2ccc3c4c(Oc5ccc6c7cccc8cccc(c9cccc5c96)c87)cc5c6c(ccc(c7c(Oc8ccc9c%10cccc%11cccc(c%12cccc8c%129)c%11%10)cc(c2c37)C1=O)c64)C(=O)N(c1c(C(C)C)cccc1C(C)C)C5=O. The van der Waals surface area contributed by atoms with Gasteiger partial charge in [-0.05, 0) is 170 Å². The van der Waals surface area contributed by atoms with E-state index in [-0.39, 0.29) is 23.7 Å². The number of imide groups is 2. The van der Waals surface area contributed by atoms with Gasteiger partial charge in [0, 0.05) is 65.0 Å². The molecule has 19 rings (SSSR count). The van der Waals surface area contributed by atoms with Crippen LogP contribution >= 0.6 is 0 Å². The molecule has 0 saturated carbocycles. The van der Waals surface area contributed by atoms with E-state index >= 15 is 19.2 Å². The van der Waals surface area contributed by atoms with E-state index in [1.807, 2.05) is 84.9 Å². The maximum absolute atomic E-state index is 16.4. The lowest BCUT2D eigenvalue weighted by Gasteiger charge is -2.34. The Morgan fingerprint density at radius 1 is 0.240 bits per heavy atom. The summed E-state index contributed by atoms with van der Waals surface area (Å²) in [6.07, 6.45) is 0. The summed E-state index contributed by atoms with van der Waals surface area (Å²) in [5, 5.41) is 22.3. The maximum Gasteiger partial charge on any atom is 0.266 e. The molecule has 0 aliphatic carbocycles. The molecule has 0 unspecified atom stereocenters. The Kier molecular flexibility index (Phi) is 11.7. The van der Waals surface area contributed by atoms with Crippen molar-refractivity contribution in [3.63, 3.8) is 0 Å². The molecule has 8 heteroatoms. The molecule has 0 N–H and O–H groups in total. The van der Waals surface area contributed by atoms with Crippen LogP contribution in [0.2, 0.25) is 0 Å². The molecule has 2 aliphatic rings. The van der Waals surface area contributed by atoms with Crippen molar-refractivity contribution in [3.8, 4) is 23.0 Å². The second-order valence-electron chi connectivity index (χ2n) is 27.8. The van der Waals surface area contributed by atoms with E-state index in [9.17, 15) is 0 Å². The van der Waals surface area contributed by atoms with Crippen molar-refractivity contribution in [2.24, 2.45) is 0 Å². The molecular formula is C88H62N2O6. The highest BCUT2D eigenvalue weighted by Crippen LogP contribution is 2.56. The minimum atomic E-state index is -0.468. The molecule has 2 aliphatic heterocycles. The van der Waals surface area contributed by atoms with E-state index in [0.29, 0.717) is 99.7 Å². The summed E-state index contributed by atoms with van der Waals surface area (Å²) in [5.74, 6) is -0.0375. The van der Waals surface area contributed by atoms with Crippen LogP contribution in [0.5, 0.6) is 23.0 Å². The predicted molar refractivity (Wildman–Crippen MR) is 395 cm³/mol. The van der Waals surface area contributed by atoms with Crippen molar-refractivity contribution in [2.45, 2.75) is 79.1 Å². The van der Waals surface area contributed by atoms with E-state index in [0.717, 1.165) is 97.7 Å². The third kappa shape index (κ3) is 7.38. The topological polar surface area (TPSA) is 93.2 Å². The molecule has 0 atom stereocenters. The summed E-state index contributed by atoms with van der Waals surface area (Å²) in [6, 6.07) is 70.4. The molecule has 8 nitrogen and oxygen atoms in total. The summed E-state index contributed by atoms with van der Waals surface area (Å²) in [6.45, 7) is 16.7. The average molecular weight is 1240 g/mol. The lowest BCUT2D eigenvalue weighted by molar-refractivity contribution is 0.0877. The number of fused-ring (bicyclic) bond motifs is 6. The van der Waals surface area contributed by atoms with Crippen molar-refractivity contribution in [1.82, 2.24) is 0 Å². The zero-order valence-corrected chi connectivity index (χ0v) is 54.3. The molecule has 0 fully saturated rings. The third-order valence-electron chi connectivity index (χ3n) is 21.3. The number of rotatable bonds is 10. The monoisotopic (exact) mass is 1240 g/mol. The molecule has 17 aromatic rings. The number of amides is 4. The van der Waals surface area contributed by atoms with Gasteiger partial charge in [-0.25, -0.2) is 9.80 Å². The van der Waals surface area contributed by atoms with E-state index in [1.54, 1.807) is 0 Å². The molecule has 0 saturated heterocycles. The van der Waals surface area contributed by atoms with Crippen molar-refractivity contribution in [2.75, 3.05) is 9.80 Å². The van der Waals surface area contributed by atoms with Crippen LogP contribution < -0.4 is 19.3 Å². The first-order valence-corrected chi connectivity index (χ1v) is 33.5. The summed E-state index contributed by atoms with van der Waals surface area (Å²) in [5.41, 5.74) is 6.08. The molecule has 0 spiro atoms. The number of anilines is 2. The Labute approximate surface area is 552 Å². The lowest BCUT2D eigenvalue weighted by atomic mass is 9.80. The fourth-order valence-electron chi connectivity index (χ4n) is 17.2. The van der Waals surface area contributed by atoms with Gasteiger partial charge in [0.15, 0.2) is 0 Å². The third-order valence-corrected chi connectivity index (χ3v) is 21.3. The Morgan fingerprint density at radius 2 is 0.521 bits per heavy atom. The summed E-state index contributed by atoms with van der Waals surface area (Å²) in [7, 11) is 0. The smallest absolute Gasteiger partial charge is 0.266 e. The standard InChI is InChI=1S/C88H62N2O6/c1-43(2)49-21-13-22-50(44(3)4)83(49)89-85(91)65-35-33-63-80-72(96-70-40-38-60-56-28-12-20-48-18-10-26-54(74(48)56)58-30-16-32-62(70)76(58)60)42-68-78-66(86(92)90(88(68)94)84-51(45(5)6)23-14-24-52(84)46(7)8)36-34-64(82(78)80)79-71(41-67(87(89)93)77(65)81(63)79)95-69-39-37-59-55-27-11-19-47-17-9-25-53(73(47)55)57-29-15-31-61(69)75(57)59/h9-46H,1-8H3. The lowest BCUT2D eigenvalue weighted by Crippen LogP contribution is -2.42. The molecule has 17 aromatic carbocycles. The minimum Gasteiger partial charge on any atom is -0.456 e. The van der Waals surface area contributed by atoms with Crippen molar-refractivity contribution < 1.29 is 28.7 Å². The minimum absolute atomic E-state index is 0.0279. The van der Waals surface area contributed by atoms with Gasteiger partial charge in [-0.1, -0.05) is 213 Å². The summed E-state index contributed by atoms with van der Waals surface area (Å²) >= 11 is 0. The molecule has 0 aromatic heterocycles. The number of benzene rings is 17. The van der Waals surface area contributed by atoms with E-state index in [1.165, 1.54) is 20.6 Å². The predicted octanol–water partition coefficient (Wildman–Crippen LogP) is 23.5. The zero-order chi connectivity index (χ0) is 65.2. The van der Waals surface area contributed by atoms with Crippen LogP contribution in [0.25, 0.3) is 129 Å². The molecule has 2 heterocycles. The van der Waals surface area contributed by atoms with Gasteiger partial charge in [-0.2, -0.15) is 0 Å². The summed E-state index contributed by atoms with van der Waals surface area (Å²) < 4.78 is 15.3. The Balaban J connectivity index is 0.938. The first-order chi connectivity index (χ1) is 46.7. The van der Waals surface area contributed by atoms with E-state index in [2.05, 4.69) is 177 Å². The molecule has 0 bridgehead atoms. The fourth-order valence-corrected chi connectivity index (χ4v) is 17.2. The van der Waals surface area contributed by atoms with Crippen LogP contribution in [-0.4, -0.2) is 23.6 Å². The number of ether oxygens (including phenoxy) is 2. The van der Waals surface area contributed by atoms with Gasteiger partial charge in [-0.3, -0.25) is 19.2 Å². The normalized spacial score (nSPS) is 13.8. The Bertz CT molecular complexity index is 5850. The van der Waals surface area contributed by atoms with Crippen LogP contribution in [0.15, 0.2) is 206 Å². The number of hydrogen-bond acceptors (Lipinski definition) is 6. The highest BCUT2D eigenvalue weighted by Gasteiger charge is 2.43. The summed E-state index contributed by atoms with van der Waals surface area (Å²) in [4.78, 5) is 67.6. The highest BCUT2D eigenvalue weighted by molar-refractivity contribution is 6.47. The quantitative estimate of drug-likeness (QED) is 0.0769. The number of carbonyl (C=O) groups excluding carboxylic acids is 4. The highest BCUT2D eigenvalue weighted by atomic mass is 16.5. The van der Waals surface area contributed by atoms with E-state index < -0.39 is 23.6 Å². The van der Waals surface area contributed by atoms with Crippen LogP contribution in [0.4, 0.5) is 11.4 Å². The first kappa shape index (κ1) is 56.1. The van der Waals surface area contributed by atoms with Gasteiger partial charge in [0.1, 0.15) is 23.0 Å². The number of para-hydroxylation sites is 2. The van der Waals surface area contributed by atoms with Crippen LogP contribution in [0.3, 0.4) is 0 Å². The van der Waals surface area contributed by atoms with Gasteiger partial charge in [0.25, 0.3) is 23.6 Å². The van der Waals surface area contributed by atoms with Crippen molar-refractivity contribution in [1.29, 1.82) is 0 Å². The maximum atomic E-state index is 16.4. The molecule has 460 valence electrons. The molecule has 96 heavy (non-hydrogen) atoms. The fraction of sp³-hybridized carbons (Fsp3) is 0.136. The van der Waals surface area contributed by atoms with Crippen molar-refractivity contribution >= 4 is 164 Å². The number of hydrogen-bond donors (Lipinski definition) is 0. The second kappa shape index (κ2) is 20.0. The van der Waals surface area contributed by atoms with Crippen molar-refractivity contribution in [3.05, 3.63) is 251 Å². The van der Waals surface area contributed by atoms with Gasteiger partial charge < -0.3 is 9.47 Å². The second-order valence-corrected chi connectivity index (χ2v) is 27.8. The first-order valence-electron chi connectivity index (χ1n) is 33.5. The largest absolute Gasteiger partial charge is 0.456 e. The van der Waals surface area contributed by atoms with Gasteiger partial charge in [0.2, 0.25) is 0 Å². The van der Waals surface area contributed by atoms with Crippen LogP contribution in [0.1, 0.15) is 143 Å². The van der Waals surface area contributed by atoms with Gasteiger partial charge in [-0.15, -0.1) is 0 Å². The molecule has 4 amide bonds. The number of carbonyl (C=O) groups is 4. The Morgan fingerprint density at radius 3 is 0.865 bits per heavy atom. The molecule has 0 radical (unpaired) electrons. The van der Waals surface area contributed by atoms with Gasteiger partial charge in [0.05, 0.1) is 22.5 Å². The average Bonchev–Trinajstić information content (AvgIpc) is 0.674. The molecular weight excluding hydrogens is 1180 g/mol.